The van der Waals surface area contributed by atoms with Crippen LogP contribution < -0.4 is 5.32 Å². The highest BCUT2D eigenvalue weighted by molar-refractivity contribution is 7.81. The first-order chi connectivity index (χ1) is 3.80. The van der Waals surface area contributed by atoms with E-state index in [2.05, 4.69) is 24.9 Å². The van der Waals surface area contributed by atoms with E-state index in [4.69, 9.17) is 0 Å². The van der Waals surface area contributed by atoms with Crippen molar-refractivity contribution in [3.05, 3.63) is 0 Å². The maximum absolute atomic E-state index is 4.42. The normalized spacial score (nSPS) is 39.8. The standard InChI is InChI=1S/C6H13NS/c1-5-4-7-3-2-6(5)8/h5-8H,2-4H2,1H3/t5?,6-/m0/s1. The Morgan fingerprint density at radius 2 is 2.38 bits per heavy atom. The second-order valence-electron chi connectivity index (χ2n) is 2.54. The highest BCUT2D eigenvalue weighted by atomic mass is 32.1. The molecule has 2 heteroatoms. The molecule has 0 aliphatic carbocycles. The van der Waals surface area contributed by atoms with Crippen molar-refractivity contribution in [1.29, 1.82) is 0 Å². The predicted octanol–water partition coefficient (Wildman–Crippen LogP) is 0.914. The van der Waals surface area contributed by atoms with E-state index in [1.807, 2.05) is 0 Å². The smallest absolute Gasteiger partial charge is 0.00666 e. The van der Waals surface area contributed by atoms with Crippen molar-refractivity contribution in [2.45, 2.75) is 18.6 Å². The Bertz CT molecular complexity index is 64.9. The van der Waals surface area contributed by atoms with E-state index in [0.29, 0.717) is 5.25 Å². The molecular formula is C6H13NS. The summed E-state index contributed by atoms with van der Waals surface area (Å²) in [5, 5.41) is 3.95. The van der Waals surface area contributed by atoms with Gasteiger partial charge in [-0.1, -0.05) is 6.92 Å². The fourth-order valence-electron chi connectivity index (χ4n) is 1.00. The summed E-state index contributed by atoms with van der Waals surface area (Å²) in [5.74, 6) is 0.757. The SMILES string of the molecule is CC1CNCC[C@@H]1S. The second-order valence-corrected chi connectivity index (χ2v) is 3.20. The average Bonchev–Trinajstić information content (AvgIpc) is 1.77. The van der Waals surface area contributed by atoms with Gasteiger partial charge >= 0.3 is 0 Å². The third-order valence-electron chi connectivity index (χ3n) is 1.74. The van der Waals surface area contributed by atoms with Crippen molar-refractivity contribution in [3.8, 4) is 0 Å². The Balaban J connectivity index is 2.28. The van der Waals surface area contributed by atoms with Gasteiger partial charge in [0.1, 0.15) is 0 Å². The first-order valence-electron chi connectivity index (χ1n) is 3.19. The van der Waals surface area contributed by atoms with Gasteiger partial charge in [-0.15, -0.1) is 0 Å². The van der Waals surface area contributed by atoms with Crippen molar-refractivity contribution in [2.75, 3.05) is 13.1 Å². The number of hydrogen-bond donors (Lipinski definition) is 2. The number of thiol groups is 1. The number of nitrogens with one attached hydrogen (secondary N) is 1. The summed E-state index contributed by atoms with van der Waals surface area (Å²) < 4.78 is 0. The van der Waals surface area contributed by atoms with Gasteiger partial charge < -0.3 is 5.32 Å². The Kier molecular flexibility index (Phi) is 2.20. The molecule has 0 spiro atoms. The molecule has 0 saturated carbocycles. The molecule has 0 aromatic heterocycles. The first kappa shape index (κ1) is 6.43. The first-order valence-corrected chi connectivity index (χ1v) is 3.71. The lowest BCUT2D eigenvalue weighted by Crippen LogP contribution is -2.35. The quantitative estimate of drug-likeness (QED) is 0.466. The fourth-order valence-corrected chi connectivity index (χ4v) is 1.23. The third-order valence-corrected chi connectivity index (χ3v) is 2.51. The zero-order chi connectivity index (χ0) is 5.98. The summed E-state index contributed by atoms with van der Waals surface area (Å²) in [5.41, 5.74) is 0. The van der Waals surface area contributed by atoms with Gasteiger partial charge in [0.05, 0.1) is 0 Å². The van der Waals surface area contributed by atoms with Gasteiger partial charge in [0.25, 0.3) is 0 Å². The van der Waals surface area contributed by atoms with Gasteiger partial charge in [0, 0.05) is 5.25 Å². The van der Waals surface area contributed by atoms with Gasteiger partial charge in [-0.25, -0.2) is 0 Å². The molecule has 1 unspecified atom stereocenters. The Morgan fingerprint density at radius 3 is 2.75 bits per heavy atom. The molecule has 0 bridgehead atoms. The molecule has 8 heavy (non-hydrogen) atoms. The van der Waals surface area contributed by atoms with E-state index in [1.54, 1.807) is 0 Å². The zero-order valence-electron chi connectivity index (χ0n) is 5.22. The zero-order valence-corrected chi connectivity index (χ0v) is 6.12. The van der Waals surface area contributed by atoms with Gasteiger partial charge in [-0.3, -0.25) is 0 Å². The van der Waals surface area contributed by atoms with Gasteiger partial charge in [0.15, 0.2) is 0 Å². The highest BCUT2D eigenvalue weighted by Gasteiger charge is 2.15. The molecule has 0 amide bonds. The summed E-state index contributed by atoms with van der Waals surface area (Å²) in [6.45, 7) is 4.54. The second kappa shape index (κ2) is 2.74. The Hall–Kier alpha value is 0.310. The molecule has 0 aromatic rings. The van der Waals surface area contributed by atoms with Crippen LogP contribution in [0.4, 0.5) is 0 Å². The summed E-state index contributed by atoms with van der Waals surface area (Å²) in [6.07, 6.45) is 1.23. The van der Waals surface area contributed by atoms with Crippen LogP contribution in [-0.4, -0.2) is 18.3 Å². The maximum Gasteiger partial charge on any atom is 0.00666 e. The lowest BCUT2D eigenvalue weighted by atomic mass is 10.0. The average molecular weight is 131 g/mol. The van der Waals surface area contributed by atoms with Crippen LogP contribution in [0.1, 0.15) is 13.3 Å². The molecule has 1 rings (SSSR count). The molecular weight excluding hydrogens is 118 g/mol. The fraction of sp³-hybridized carbons (Fsp3) is 1.00. The summed E-state index contributed by atoms with van der Waals surface area (Å²) >= 11 is 4.42. The monoisotopic (exact) mass is 131 g/mol. The minimum Gasteiger partial charge on any atom is -0.316 e. The molecule has 1 saturated heterocycles. The van der Waals surface area contributed by atoms with Crippen molar-refractivity contribution < 1.29 is 0 Å². The van der Waals surface area contributed by atoms with E-state index >= 15 is 0 Å². The molecule has 0 radical (unpaired) electrons. The summed E-state index contributed by atoms with van der Waals surface area (Å²) in [4.78, 5) is 0. The summed E-state index contributed by atoms with van der Waals surface area (Å²) in [7, 11) is 0. The Labute approximate surface area is 56.3 Å². The molecule has 1 N–H and O–H groups in total. The van der Waals surface area contributed by atoms with E-state index in [0.717, 1.165) is 19.0 Å². The lowest BCUT2D eigenvalue weighted by molar-refractivity contribution is 0.419. The molecule has 1 aliphatic rings. The molecule has 0 aromatic carbocycles. The largest absolute Gasteiger partial charge is 0.316 e. The van der Waals surface area contributed by atoms with E-state index in [9.17, 15) is 0 Å². The number of rotatable bonds is 0. The third kappa shape index (κ3) is 1.39. The van der Waals surface area contributed by atoms with Crippen LogP contribution in [0.5, 0.6) is 0 Å². The van der Waals surface area contributed by atoms with Crippen molar-refractivity contribution in [3.63, 3.8) is 0 Å². The molecule has 1 fully saturated rings. The highest BCUT2D eigenvalue weighted by Crippen LogP contribution is 2.15. The van der Waals surface area contributed by atoms with Crippen LogP contribution in [-0.2, 0) is 0 Å². The van der Waals surface area contributed by atoms with Gasteiger partial charge in [-0.05, 0) is 25.4 Å². The van der Waals surface area contributed by atoms with E-state index in [1.165, 1.54) is 6.42 Å². The van der Waals surface area contributed by atoms with Crippen LogP contribution in [0, 0.1) is 5.92 Å². The number of piperidine rings is 1. The minimum atomic E-state index is 0.635. The van der Waals surface area contributed by atoms with E-state index in [-0.39, 0.29) is 0 Å². The van der Waals surface area contributed by atoms with E-state index < -0.39 is 0 Å². The van der Waals surface area contributed by atoms with Gasteiger partial charge in [0.2, 0.25) is 0 Å². The van der Waals surface area contributed by atoms with Crippen LogP contribution in [0.3, 0.4) is 0 Å². The van der Waals surface area contributed by atoms with Crippen molar-refractivity contribution in [1.82, 2.24) is 5.32 Å². The lowest BCUT2D eigenvalue weighted by Gasteiger charge is -2.24. The molecule has 1 aliphatic heterocycles. The predicted molar refractivity (Wildman–Crippen MR) is 39.4 cm³/mol. The van der Waals surface area contributed by atoms with Crippen LogP contribution >= 0.6 is 12.6 Å². The van der Waals surface area contributed by atoms with Crippen LogP contribution in [0.2, 0.25) is 0 Å². The molecule has 2 atom stereocenters. The topological polar surface area (TPSA) is 12.0 Å². The summed E-state index contributed by atoms with van der Waals surface area (Å²) in [6, 6.07) is 0. The van der Waals surface area contributed by atoms with Crippen LogP contribution in [0.25, 0.3) is 0 Å². The van der Waals surface area contributed by atoms with Gasteiger partial charge in [-0.2, -0.15) is 12.6 Å². The van der Waals surface area contributed by atoms with Crippen molar-refractivity contribution in [2.24, 2.45) is 5.92 Å². The molecule has 1 heterocycles. The molecule has 48 valence electrons. The maximum atomic E-state index is 4.42. The van der Waals surface area contributed by atoms with Crippen molar-refractivity contribution >= 4 is 12.6 Å². The minimum absolute atomic E-state index is 0.635. The van der Waals surface area contributed by atoms with Crippen LogP contribution in [0.15, 0.2) is 0 Å². The number of hydrogen-bond acceptors (Lipinski definition) is 2. The molecule has 1 nitrogen and oxygen atoms in total. The Morgan fingerprint density at radius 1 is 1.62 bits per heavy atom.